The topological polar surface area (TPSA) is 90.0 Å². The summed E-state index contributed by atoms with van der Waals surface area (Å²) in [6.45, 7) is 4.83. The molecule has 0 bridgehead atoms. The van der Waals surface area contributed by atoms with Gasteiger partial charge in [-0.1, -0.05) is 5.16 Å². The molecule has 0 aromatic carbocycles. The van der Waals surface area contributed by atoms with E-state index in [4.69, 9.17) is 20.4 Å². The highest BCUT2D eigenvalue weighted by Crippen LogP contribution is 2.23. The molecule has 17 heavy (non-hydrogen) atoms. The van der Waals surface area contributed by atoms with Gasteiger partial charge in [0.1, 0.15) is 6.10 Å². The molecule has 0 aliphatic carbocycles. The predicted octanol–water partition coefficient (Wildman–Crippen LogP) is 0.571. The van der Waals surface area contributed by atoms with Gasteiger partial charge in [0.2, 0.25) is 5.88 Å². The van der Waals surface area contributed by atoms with Crippen LogP contribution in [0.3, 0.4) is 0 Å². The number of nitrogens with two attached hydrogens (primary N) is 1. The van der Waals surface area contributed by atoms with Crippen molar-refractivity contribution in [3.63, 3.8) is 0 Å². The zero-order chi connectivity index (χ0) is 12.4. The van der Waals surface area contributed by atoms with E-state index in [2.05, 4.69) is 10.1 Å². The third-order valence-electron chi connectivity index (χ3n) is 2.56. The van der Waals surface area contributed by atoms with Gasteiger partial charge in [-0.25, -0.2) is 4.98 Å². The summed E-state index contributed by atoms with van der Waals surface area (Å²) in [5.41, 5.74) is 7.85. The molecule has 3 N–H and O–H groups in total. The first-order valence-electron chi connectivity index (χ1n) is 5.32. The van der Waals surface area contributed by atoms with Crippen molar-refractivity contribution < 1.29 is 14.7 Å². The lowest BCUT2D eigenvalue weighted by atomic mass is 10.1. The maximum Gasteiger partial charge on any atom is 0.225 e. The van der Waals surface area contributed by atoms with Gasteiger partial charge >= 0.3 is 0 Å². The van der Waals surface area contributed by atoms with Crippen LogP contribution in [0, 0.1) is 13.8 Å². The maximum absolute atomic E-state index is 8.77. The normalized spacial score (nSPS) is 16.7. The van der Waals surface area contributed by atoms with Crippen molar-refractivity contribution in [1.82, 2.24) is 4.98 Å². The summed E-state index contributed by atoms with van der Waals surface area (Å²) in [6, 6.07) is 1.86. The van der Waals surface area contributed by atoms with Crippen molar-refractivity contribution in [2.75, 3.05) is 13.2 Å². The van der Waals surface area contributed by atoms with Gasteiger partial charge in [0, 0.05) is 5.69 Å². The SMILES string of the molecule is Cc1cc(C)c(/C(N)=N/O)c(OC2COC2)n1. The molecule has 1 aromatic heterocycles. The second kappa shape index (κ2) is 4.58. The lowest BCUT2D eigenvalue weighted by Crippen LogP contribution is -2.39. The van der Waals surface area contributed by atoms with E-state index in [1.807, 2.05) is 19.9 Å². The number of oxime groups is 1. The molecular formula is C11H15N3O3. The van der Waals surface area contributed by atoms with Gasteiger partial charge in [0.25, 0.3) is 0 Å². The number of hydrogen-bond acceptors (Lipinski definition) is 5. The van der Waals surface area contributed by atoms with Crippen LogP contribution in [0.15, 0.2) is 11.2 Å². The fraction of sp³-hybridized carbons (Fsp3) is 0.455. The second-order valence-corrected chi connectivity index (χ2v) is 4.02. The van der Waals surface area contributed by atoms with E-state index in [1.165, 1.54) is 0 Å². The van der Waals surface area contributed by atoms with Gasteiger partial charge in [-0.15, -0.1) is 0 Å². The molecule has 1 fully saturated rings. The highest BCUT2D eigenvalue weighted by Gasteiger charge is 2.24. The standard InChI is InChI=1S/C11H15N3O3/c1-6-3-7(2)13-11(9(6)10(12)14-15)17-8-4-16-5-8/h3,8,15H,4-5H2,1-2H3,(H2,12,14). The Balaban J connectivity index is 2.39. The fourth-order valence-electron chi connectivity index (χ4n) is 1.69. The molecule has 0 unspecified atom stereocenters. The third-order valence-corrected chi connectivity index (χ3v) is 2.56. The van der Waals surface area contributed by atoms with Crippen molar-refractivity contribution in [3.8, 4) is 5.88 Å². The Morgan fingerprint density at radius 3 is 2.82 bits per heavy atom. The van der Waals surface area contributed by atoms with E-state index in [0.717, 1.165) is 11.3 Å². The minimum absolute atomic E-state index is 0.00485. The number of amidine groups is 1. The van der Waals surface area contributed by atoms with Crippen LogP contribution in [0.4, 0.5) is 0 Å². The molecule has 2 rings (SSSR count). The lowest BCUT2D eigenvalue weighted by molar-refractivity contribution is -0.0814. The fourth-order valence-corrected chi connectivity index (χ4v) is 1.69. The van der Waals surface area contributed by atoms with Crippen LogP contribution >= 0.6 is 0 Å². The van der Waals surface area contributed by atoms with Gasteiger partial charge in [-0.2, -0.15) is 0 Å². The van der Waals surface area contributed by atoms with Crippen LogP contribution in [0.5, 0.6) is 5.88 Å². The van der Waals surface area contributed by atoms with Gasteiger partial charge in [0.05, 0.1) is 18.8 Å². The number of aromatic nitrogens is 1. The average molecular weight is 237 g/mol. The van der Waals surface area contributed by atoms with E-state index in [0.29, 0.717) is 24.7 Å². The Hall–Kier alpha value is -1.82. The molecule has 0 spiro atoms. The molecule has 0 amide bonds. The summed E-state index contributed by atoms with van der Waals surface area (Å²) in [6.07, 6.45) is -0.00561. The van der Waals surface area contributed by atoms with Crippen LogP contribution in [-0.2, 0) is 4.74 Å². The van der Waals surface area contributed by atoms with Crippen LogP contribution in [0.2, 0.25) is 0 Å². The van der Waals surface area contributed by atoms with Crippen molar-refractivity contribution in [2.24, 2.45) is 10.9 Å². The smallest absolute Gasteiger partial charge is 0.225 e. The number of nitrogens with zero attached hydrogens (tertiary/aromatic N) is 2. The summed E-state index contributed by atoms with van der Waals surface area (Å²) >= 11 is 0. The van der Waals surface area contributed by atoms with Gasteiger partial charge < -0.3 is 20.4 Å². The number of rotatable bonds is 3. The second-order valence-electron chi connectivity index (χ2n) is 4.02. The summed E-state index contributed by atoms with van der Waals surface area (Å²) in [5, 5.41) is 11.8. The molecule has 6 heteroatoms. The molecule has 1 aliphatic heterocycles. The first-order chi connectivity index (χ1) is 8.11. The Bertz CT molecular complexity index is 456. The average Bonchev–Trinajstić information content (AvgIpc) is 2.22. The minimum atomic E-state index is -0.00561. The third kappa shape index (κ3) is 2.31. The number of ether oxygens (including phenoxy) is 2. The van der Waals surface area contributed by atoms with Crippen LogP contribution in [0.1, 0.15) is 16.8 Å². The number of hydrogen-bond donors (Lipinski definition) is 2. The van der Waals surface area contributed by atoms with Crippen LogP contribution in [-0.4, -0.2) is 35.3 Å². The molecule has 2 heterocycles. The van der Waals surface area contributed by atoms with Crippen molar-refractivity contribution in [3.05, 3.63) is 22.9 Å². The van der Waals surface area contributed by atoms with Crippen molar-refractivity contribution >= 4 is 5.84 Å². The summed E-state index contributed by atoms with van der Waals surface area (Å²) in [7, 11) is 0. The Morgan fingerprint density at radius 2 is 2.29 bits per heavy atom. The summed E-state index contributed by atoms with van der Waals surface area (Å²) < 4.78 is 10.7. The largest absolute Gasteiger partial charge is 0.469 e. The molecule has 1 aliphatic rings. The Morgan fingerprint density at radius 1 is 1.59 bits per heavy atom. The van der Waals surface area contributed by atoms with Gasteiger partial charge in [-0.3, -0.25) is 0 Å². The Kier molecular flexibility index (Phi) is 3.14. The highest BCUT2D eigenvalue weighted by molar-refractivity contribution is 6.00. The monoisotopic (exact) mass is 237 g/mol. The Labute approximate surface area is 99.0 Å². The van der Waals surface area contributed by atoms with E-state index in [9.17, 15) is 0 Å². The molecule has 0 saturated carbocycles. The molecule has 1 saturated heterocycles. The number of aryl methyl sites for hydroxylation is 2. The minimum Gasteiger partial charge on any atom is -0.469 e. The van der Waals surface area contributed by atoms with E-state index in [1.54, 1.807) is 0 Å². The first-order valence-corrected chi connectivity index (χ1v) is 5.32. The van der Waals surface area contributed by atoms with E-state index in [-0.39, 0.29) is 11.9 Å². The first kappa shape index (κ1) is 11.7. The van der Waals surface area contributed by atoms with Gasteiger partial charge in [-0.05, 0) is 25.5 Å². The quantitative estimate of drug-likeness (QED) is 0.347. The zero-order valence-corrected chi connectivity index (χ0v) is 9.80. The van der Waals surface area contributed by atoms with Crippen molar-refractivity contribution in [1.29, 1.82) is 0 Å². The lowest BCUT2D eigenvalue weighted by Gasteiger charge is -2.27. The molecule has 0 atom stereocenters. The van der Waals surface area contributed by atoms with Crippen LogP contribution < -0.4 is 10.5 Å². The van der Waals surface area contributed by atoms with Crippen molar-refractivity contribution in [2.45, 2.75) is 20.0 Å². The van der Waals surface area contributed by atoms with E-state index < -0.39 is 0 Å². The molecule has 92 valence electrons. The van der Waals surface area contributed by atoms with Gasteiger partial charge in [0.15, 0.2) is 5.84 Å². The number of pyridine rings is 1. The maximum atomic E-state index is 8.77. The molecule has 1 aromatic rings. The highest BCUT2D eigenvalue weighted by atomic mass is 16.6. The molecule has 6 nitrogen and oxygen atoms in total. The predicted molar refractivity (Wildman–Crippen MR) is 61.5 cm³/mol. The zero-order valence-electron chi connectivity index (χ0n) is 9.80. The molecule has 0 radical (unpaired) electrons. The van der Waals surface area contributed by atoms with Crippen LogP contribution in [0.25, 0.3) is 0 Å². The molecular weight excluding hydrogens is 222 g/mol. The summed E-state index contributed by atoms with van der Waals surface area (Å²) in [5.74, 6) is 0.399. The van der Waals surface area contributed by atoms with E-state index >= 15 is 0 Å². The summed E-state index contributed by atoms with van der Waals surface area (Å²) in [4.78, 5) is 4.28.